The number of rotatable bonds is 6. The highest BCUT2D eigenvalue weighted by atomic mass is 35.5. The summed E-state index contributed by atoms with van der Waals surface area (Å²) in [6.07, 6.45) is 1.56. The number of methoxy groups -OCH3 is 1. The molecule has 1 amide bonds. The smallest absolute Gasteiger partial charge is 0.407 e. The average Bonchev–Trinajstić information content (AvgIpc) is 2.95. The summed E-state index contributed by atoms with van der Waals surface area (Å²) in [4.78, 5) is 29.3. The van der Waals surface area contributed by atoms with Crippen LogP contribution in [0.15, 0.2) is 60.7 Å². The highest BCUT2D eigenvalue weighted by Crippen LogP contribution is 2.35. The number of hydrogen-bond donors (Lipinski definition) is 1. The number of alkyl carbamates (subject to hydrolysis) is 1. The number of fused-ring (bicyclic) bond motifs is 3. The molecule has 7 nitrogen and oxygen atoms in total. The van der Waals surface area contributed by atoms with Crippen molar-refractivity contribution in [3.8, 4) is 11.1 Å². The van der Waals surface area contributed by atoms with Crippen LogP contribution in [0.2, 0.25) is 5.02 Å². The predicted molar refractivity (Wildman–Crippen MR) is 162 cm³/mol. The largest absolute Gasteiger partial charge is 0.465 e. The van der Waals surface area contributed by atoms with E-state index in [4.69, 9.17) is 21.1 Å². The van der Waals surface area contributed by atoms with Crippen molar-refractivity contribution >= 4 is 29.4 Å². The van der Waals surface area contributed by atoms with E-state index in [1.54, 1.807) is 0 Å². The lowest BCUT2D eigenvalue weighted by molar-refractivity contribution is 0.0522. The molecule has 0 aliphatic carbocycles. The summed E-state index contributed by atoms with van der Waals surface area (Å²) in [5.41, 5.74) is 7.02. The van der Waals surface area contributed by atoms with Crippen molar-refractivity contribution in [2.75, 3.05) is 31.6 Å². The molecule has 1 N–H and O–H groups in total. The second-order valence-electron chi connectivity index (χ2n) is 11.8. The Labute approximate surface area is 247 Å². The van der Waals surface area contributed by atoms with Gasteiger partial charge >= 0.3 is 12.1 Å². The van der Waals surface area contributed by atoms with Crippen LogP contribution in [0.3, 0.4) is 0 Å². The van der Waals surface area contributed by atoms with E-state index >= 15 is 0 Å². The normalized spacial score (nSPS) is 16.9. The lowest BCUT2D eigenvalue weighted by Crippen LogP contribution is -2.54. The first-order valence-corrected chi connectivity index (χ1v) is 14.5. The van der Waals surface area contributed by atoms with Crippen molar-refractivity contribution in [1.29, 1.82) is 0 Å². The van der Waals surface area contributed by atoms with Gasteiger partial charge in [-0.3, -0.25) is 4.90 Å². The molecule has 1 saturated heterocycles. The van der Waals surface area contributed by atoms with Gasteiger partial charge in [0.15, 0.2) is 0 Å². The SMILES string of the molecule is COC(=O)c1ccc2c(c1)CC[C@@H]1CN(Cc3cc(CNC(=O)OC(C)(C)C)ccc3-c3ccc(Cl)cc3)CCN21. The molecular weight excluding hydrogens is 538 g/mol. The van der Waals surface area contributed by atoms with Crippen LogP contribution < -0.4 is 10.2 Å². The van der Waals surface area contributed by atoms with Crippen LogP contribution in [-0.2, 0) is 29.0 Å². The maximum Gasteiger partial charge on any atom is 0.407 e. The number of carbonyl (C=O) groups is 2. The van der Waals surface area contributed by atoms with E-state index in [2.05, 4.69) is 51.5 Å². The molecule has 0 radical (unpaired) electrons. The van der Waals surface area contributed by atoms with Crippen LogP contribution in [-0.4, -0.2) is 55.3 Å². The molecule has 0 saturated carbocycles. The van der Waals surface area contributed by atoms with Crippen molar-refractivity contribution in [2.24, 2.45) is 0 Å². The molecule has 0 bridgehead atoms. The standard InChI is InChI=1S/C33H38ClN3O4/c1-33(2,3)41-32(39)35-19-22-5-13-29(23-6-10-27(34)11-7-23)26(17-22)20-36-15-16-37-28(21-36)12-8-24-18-25(31(38)40-4)9-14-30(24)37/h5-7,9-11,13-14,17-18,28H,8,12,15-16,19-21H2,1-4H3,(H,35,39)/t28-/m1/s1. The Morgan fingerprint density at radius 3 is 2.54 bits per heavy atom. The van der Waals surface area contributed by atoms with Gasteiger partial charge in [-0.15, -0.1) is 0 Å². The fraction of sp³-hybridized carbons (Fsp3) is 0.394. The van der Waals surface area contributed by atoms with Gasteiger partial charge in [0.1, 0.15) is 5.60 Å². The predicted octanol–water partition coefficient (Wildman–Crippen LogP) is 6.46. The van der Waals surface area contributed by atoms with Crippen molar-refractivity contribution < 1.29 is 19.1 Å². The van der Waals surface area contributed by atoms with Gasteiger partial charge in [-0.05, 0) is 91.8 Å². The van der Waals surface area contributed by atoms with E-state index in [-0.39, 0.29) is 5.97 Å². The van der Waals surface area contributed by atoms with E-state index < -0.39 is 11.7 Å². The monoisotopic (exact) mass is 575 g/mol. The number of aryl methyl sites for hydroxylation is 1. The molecule has 2 heterocycles. The highest BCUT2D eigenvalue weighted by molar-refractivity contribution is 6.30. The summed E-state index contributed by atoms with van der Waals surface area (Å²) in [6.45, 7) is 9.57. The van der Waals surface area contributed by atoms with Gasteiger partial charge in [-0.1, -0.05) is 41.9 Å². The zero-order chi connectivity index (χ0) is 29.1. The average molecular weight is 576 g/mol. The molecule has 41 heavy (non-hydrogen) atoms. The zero-order valence-corrected chi connectivity index (χ0v) is 25.0. The number of piperazine rings is 1. The van der Waals surface area contributed by atoms with Crippen LogP contribution in [0.4, 0.5) is 10.5 Å². The van der Waals surface area contributed by atoms with Gasteiger partial charge in [-0.25, -0.2) is 9.59 Å². The maximum atomic E-state index is 12.3. The first-order chi connectivity index (χ1) is 19.6. The van der Waals surface area contributed by atoms with Crippen molar-refractivity contribution in [2.45, 2.75) is 58.3 Å². The van der Waals surface area contributed by atoms with Gasteiger partial charge in [0.2, 0.25) is 0 Å². The Morgan fingerprint density at radius 2 is 1.80 bits per heavy atom. The minimum atomic E-state index is -0.543. The molecule has 216 valence electrons. The van der Waals surface area contributed by atoms with Crippen molar-refractivity contribution in [3.05, 3.63) is 87.9 Å². The molecule has 0 spiro atoms. The third-order valence-electron chi connectivity index (χ3n) is 7.68. The van der Waals surface area contributed by atoms with Gasteiger partial charge < -0.3 is 19.7 Å². The molecule has 5 rings (SSSR count). The summed E-state index contributed by atoms with van der Waals surface area (Å²) in [7, 11) is 1.42. The Bertz CT molecular complexity index is 1420. The van der Waals surface area contributed by atoms with Crippen LogP contribution in [0.1, 0.15) is 54.2 Å². The highest BCUT2D eigenvalue weighted by Gasteiger charge is 2.32. The molecule has 2 aliphatic heterocycles. The van der Waals surface area contributed by atoms with Gasteiger partial charge in [0.05, 0.1) is 12.7 Å². The number of carbonyl (C=O) groups excluding carboxylic acids is 2. The quantitative estimate of drug-likeness (QED) is 0.340. The number of ether oxygens (including phenoxy) is 2. The first-order valence-electron chi connectivity index (χ1n) is 14.1. The topological polar surface area (TPSA) is 71.1 Å². The Kier molecular flexibility index (Phi) is 8.57. The fourth-order valence-electron chi connectivity index (χ4n) is 5.79. The molecule has 1 fully saturated rings. The number of anilines is 1. The Morgan fingerprint density at radius 1 is 1.02 bits per heavy atom. The second-order valence-corrected chi connectivity index (χ2v) is 12.2. The number of esters is 1. The molecule has 1 atom stereocenters. The molecule has 0 unspecified atom stereocenters. The minimum absolute atomic E-state index is 0.292. The first kappa shape index (κ1) is 29.0. The van der Waals surface area contributed by atoms with Crippen LogP contribution in [0, 0.1) is 0 Å². The maximum absolute atomic E-state index is 12.3. The molecule has 8 heteroatoms. The number of hydrogen-bond acceptors (Lipinski definition) is 6. The van der Waals surface area contributed by atoms with Gasteiger partial charge in [0, 0.05) is 49.5 Å². The molecule has 3 aromatic rings. The van der Waals surface area contributed by atoms with Crippen molar-refractivity contribution in [1.82, 2.24) is 10.2 Å². The number of benzene rings is 3. The number of halogens is 1. The summed E-state index contributed by atoms with van der Waals surface area (Å²) in [6, 6.07) is 20.7. The Hall–Kier alpha value is -3.55. The summed E-state index contributed by atoms with van der Waals surface area (Å²) in [5, 5.41) is 3.60. The molecule has 0 aromatic heterocycles. The van der Waals surface area contributed by atoms with Gasteiger partial charge in [-0.2, -0.15) is 0 Å². The zero-order valence-electron chi connectivity index (χ0n) is 24.2. The third-order valence-corrected chi connectivity index (χ3v) is 7.93. The lowest BCUT2D eigenvalue weighted by atomic mass is 9.92. The molecule has 2 aliphatic rings. The summed E-state index contributed by atoms with van der Waals surface area (Å²) < 4.78 is 10.3. The van der Waals surface area contributed by atoms with Crippen LogP contribution in [0.5, 0.6) is 0 Å². The number of nitrogens with zero attached hydrogens (tertiary/aromatic N) is 2. The lowest BCUT2D eigenvalue weighted by Gasteiger charge is -2.46. The van der Waals surface area contributed by atoms with Crippen LogP contribution >= 0.6 is 11.6 Å². The van der Waals surface area contributed by atoms with E-state index in [0.717, 1.165) is 55.7 Å². The third kappa shape index (κ3) is 7.03. The minimum Gasteiger partial charge on any atom is -0.465 e. The van der Waals surface area contributed by atoms with E-state index in [9.17, 15) is 9.59 Å². The number of nitrogens with one attached hydrogen (secondary N) is 1. The molecular formula is C33H38ClN3O4. The van der Waals surface area contributed by atoms with Crippen LogP contribution in [0.25, 0.3) is 11.1 Å². The number of amides is 1. The molecule has 3 aromatic carbocycles. The van der Waals surface area contributed by atoms with E-state index in [0.29, 0.717) is 23.2 Å². The van der Waals surface area contributed by atoms with Crippen molar-refractivity contribution in [3.63, 3.8) is 0 Å². The summed E-state index contributed by atoms with van der Waals surface area (Å²) >= 11 is 6.18. The van der Waals surface area contributed by atoms with E-state index in [1.807, 2.05) is 45.0 Å². The van der Waals surface area contributed by atoms with Gasteiger partial charge in [0.25, 0.3) is 0 Å². The fourth-order valence-corrected chi connectivity index (χ4v) is 5.91. The summed E-state index contributed by atoms with van der Waals surface area (Å²) in [5.74, 6) is -0.292. The second kappa shape index (κ2) is 12.1. The van der Waals surface area contributed by atoms with E-state index in [1.165, 1.54) is 23.9 Å². The Balaban J connectivity index is 1.33.